The molecule has 0 fully saturated rings. The Kier molecular flexibility index (Phi) is 7.31. The van der Waals surface area contributed by atoms with Gasteiger partial charge < -0.3 is 15.0 Å². The van der Waals surface area contributed by atoms with Crippen molar-refractivity contribution in [2.45, 2.75) is 45.8 Å². The van der Waals surface area contributed by atoms with Gasteiger partial charge in [0.1, 0.15) is 23.4 Å². The van der Waals surface area contributed by atoms with E-state index in [1.54, 1.807) is 19.1 Å². The molecule has 156 valence electrons. The monoisotopic (exact) mass is 404 g/mol. The molecule has 7 heteroatoms. The van der Waals surface area contributed by atoms with Gasteiger partial charge in [-0.1, -0.05) is 12.1 Å². The molecule has 2 aromatic carbocycles. The maximum atomic E-state index is 13.2. The predicted octanol–water partition coefficient (Wildman–Crippen LogP) is 3.68. The zero-order valence-electron chi connectivity index (χ0n) is 17.0. The molecular weight excluding hydrogens is 378 g/mol. The van der Waals surface area contributed by atoms with Crippen LogP contribution in [0.4, 0.5) is 8.78 Å². The summed E-state index contributed by atoms with van der Waals surface area (Å²) in [6.45, 7) is 6.97. The lowest BCUT2D eigenvalue weighted by atomic mass is 10.1. The van der Waals surface area contributed by atoms with Crippen LogP contribution < -0.4 is 10.1 Å². The summed E-state index contributed by atoms with van der Waals surface area (Å²) in [7, 11) is 0. The van der Waals surface area contributed by atoms with Crippen molar-refractivity contribution in [3.8, 4) is 5.75 Å². The van der Waals surface area contributed by atoms with Crippen LogP contribution in [0.1, 0.15) is 33.3 Å². The fraction of sp³-hybridized carbons (Fsp3) is 0.364. The molecule has 0 aliphatic carbocycles. The SMILES string of the molecule is C[C@@H](C(=O)NC(C)(C)C)N(Cc1ccc(F)cc1)C(=O)COc1ccc(F)cc1. The van der Waals surface area contributed by atoms with E-state index in [0.717, 1.165) is 0 Å². The number of halogens is 2. The number of hydrogen-bond donors (Lipinski definition) is 1. The topological polar surface area (TPSA) is 58.6 Å². The van der Waals surface area contributed by atoms with Crippen molar-refractivity contribution >= 4 is 11.8 Å². The molecule has 0 unspecified atom stereocenters. The quantitative estimate of drug-likeness (QED) is 0.766. The standard InChI is InChI=1S/C22H26F2N2O3/c1-15(21(28)25-22(2,3)4)26(13-16-5-7-17(23)8-6-16)20(27)14-29-19-11-9-18(24)10-12-19/h5-12,15H,13-14H2,1-4H3,(H,25,28)/t15-/m0/s1. The average molecular weight is 404 g/mol. The van der Waals surface area contributed by atoms with Crippen LogP contribution in [-0.2, 0) is 16.1 Å². The van der Waals surface area contributed by atoms with Crippen molar-refractivity contribution in [2.75, 3.05) is 6.61 Å². The number of carbonyl (C=O) groups is 2. The molecule has 2 rings (SSSR count). The first-order valence-electron chi connectivity index (χ1n) is 9.29. The van der Waals surface area contributed by atoms with Gasteiger partial charge in [-0.2, -0.15) is 0 Å². The van der Waals surface area contributed by atoms with Crippen molar-refractivity contribution in [2.24, 2.45) is 0 Å². The van der Waals surface area contributed by atoms with E-state index in [1.807, 2.05) is 20.8 Å². The van der Waals surface area contributed by atoms with Crippen molar-refractivity contribution in [3.05, 3.63) is 65.7 Å². The molecule has 0 bridgehead atoms. The third-order valence-electron chi connectivity index (χ3n) is 4.11. The van der Waals surface area contributed by atoms with Crippen LogP contribution in [0.2, 0.25) is 0 Å². The average Bonchev–Trinajstić information content (AvgIpc) is 2.65. The number of hydrogen-bond acceptors (Lipinski definition) is 3. The van der Waals surface area contributed by atoms with Gasteiger partial charge >= 0.3 is 0 Å². The maximum absolute atomic E-state index is 13.2. The Morgan fingerprint density at radius 1 is 1.00 bits per heavy atom. The van der Waals surface area contributed by atoms with Gasteiger partial charge in [-0.3, -0.25) is 9.59 Å². The summed E-state index contributed by atoms with van der Waals surface area (Å²) in [5.41, 5.74) is 0.220. The first-order chi connectivity index (χ1) is 13.5. The van der Waals surface area contributed by atoms with E-state index >= 15 is 0 Å². The zero-order chi connectivity index (χ0) is 21.6. The summed E-state index contributed by atoms with van der Waals surface area (Å²) in [6.07, 6.45) is 0. The van der Waals surface area contributed by atoms with Crippen molar-refractivity contribution in [1.82, 2.24) is 10.2 Å². The van der Waals surface area contributed by atoms with Crippen LogP contribution in [0.3, 0.4) is 0 Å². The van der Waals surface area contributed by atoms with Gasteiger partial charge in [0, 0.05) is 12.1 Å². The first-order valence-corrected chi connectivity index (χ1v) is 9.29. The Morgan fingerprint density at radius 3 is 2.03 bits per heavy atom. The van der Waals surface area contributed by atoms with Gasteiger partial charge in [0.05, 0.1) is 0 Å². The van der Waals surface area contributed by atoms with E-state index < -0.39 is 23.3 Å². The summed E-state index contributed by atoms with van der Waals surface area (Å²) in [5.74, 6) is -1.18. The largest absolute Gasteiger partial charge is 0.484 e. The zero-order valence-corrected chi connectivity index (χ0v) is 17.0. The van der Waals surface area contributed by atoms with Crippen LogP contribution in [-0.4, -0.2) is 34.9 Å². The number of nitrogens with zero attached hydrogens (tertiary/aromatic N) is 1. The van der Waals surface area contributed by atoms with Crippen molar-refractivity contribution in [1.29, 1.82) is 0 Å². The first kappa shape index (κ1) is 22.3. The van der Waals surface area contributed by atoms with E-state index in [4.69, 9.17) is 4.74 Å². The van der Waals surface area contributed by atoms with Gasteiger partial charge in [-0.05, 0) is 69.7 Å². The number of rotatable bonds is 7. The lowest BCUT2D eigenvalue weighted by Gasteiger charge is -2.31. The normalized spacial score (nSPS) is 12.2. The number of nitrogens with one attached hydrogen (secondary N) is 1. The molecule has 0 saturated carbocycles. The molecule has 0 aromatic heterocycles. The summed E-state index contributed by atoms with van der Waals surface area (Å²) in [4.78, 5) is 26.8. The highest BCUT2D eigenvalue weighted by molar-refractivity contribution is 5.88. The lowest BCUT2D eigenvalue weighted by molar-refractivity contribution is -0.142. The molecular formula is C22H26F2N2O3. The van der Waals surface area contributed by atoms with Crippen LogP contribution in [0, 0.1) is 11.6 Å². The second-order valence-corrected chi connectivity index (χ2v) is 7.81. The predicted molar refractivity (Wildman–Crippen MR) is 106 cm³/mol. The second kappa shape index (κ2) is 9.49. The Hall–Kier alpha value is -2.96. The Morgan fingerprint density at radius 2 is 1.52 bits per heavy atom. The smallest absolute Gasteiger partial charge is 0.261 e. The van der Waals surface area contributed by atoms with Gasteiger partial charge in [0.15, 0.2) is 6.61 Å². The van der Waals surface area contributed by atoms with Crippen LogP contribution in [0.25, 0.3) is 0 Å². The molecule has 0 spiro atoms. The molecule has 0 aliphatic rings. The number of benzene rings is 2. The van der Waals surface area contributed by atoms with Gasteiger partial charge in [-0.15, -0.1) is 0 Å². The number of amides is 2. The molecule has 1 N–H and O–H groups in total. The third kappa shape index (κ3) is 7.18. The molecule has 1 atom stereocenters. The molecule has 5 nitrogen and oxygen atoms in total. The van der Waals surface area contributed by atoms with E-state index in [2.05, 4.69) is 5.32 Å². The summed E-state index contributed by atoms with van der Waals surface area (Å²) < 4.78 is 31.7. The minimum Gasteiger partial charge on any atom is -0.484 e. The molecule has 0 aliphatic heterocycles. The number of carbonyl (C=O) groups excluding carboxylic acids is 2. The van der Waals surface area contributed by atoms with Crippen LogP contribution in [0.5, 0.6) is 5.75 Å². The molecule has 29 heavy (non-hydrogen) atoms. The van der Waals surface area contributed by atoms with E-state index in [9.17, 15) is 18.4 Å². The third-order valence-corrected chi connectivity index (χ3v) is 4.11. The highest BCUT2D eigenvalue weighted by Gasteiger charge is 2.28. The summed E-state index contributed by atoms with van der Waals surface area (Å²) in [6, 6.07) is 10.2. The molecule has 0 radical (unpaired) electrons. The van der Waals surface area contributed by atoms with Crippen LogP contribution in [0.15, 0.2) is 48.5 Å². The molecule has 0 heterocycles. The minimum absolute atomic E-state index is 0.116. The summed E-state index contributed by atoms with van der Waals surface area (Å²) >= 11 is 0. The van der Waals surface area contributed by atoms with Gasteiger partial charge in [-0.25, -0.2) is 8.78 Å². The Balaban J connectivity index is 2.15. The molecule has 0 saturated heterocycles. The highest BCUT2D eigenvalue weighted by atomic mass is 19.1. The van der Waals surface area contributed by atoms with Crippen LogP contribution >= 0.6 is 0 Å². The second-order valence-electron chi connectivity index (χ2n) is 7.81. The van der Waals surface area contributed by atoms with Crippen molar-refractivity contribution in [3.63, 3.8) is 0 Å². The van der Waals surface area contributed by atoms with Gasteiger partial charge in [0.25, 0.3) is 5.91 Å². The Labute approximate surface area is 169 Å². The summed E-state index contributed by atoms with van der Waals surface area (Å²) in [5, 5.41) is 2.85. The lowest BCUT2D eigenvalue weighted by Crippen LogP contribution is -2.53. The Bertz CT molecular complexity index is 831. The van der Waals surface area contributed by atoms with Crippen molar-refractivity contribution < 1.29 is 23.1 Å². The fourth-order valence-electron chi connectivity index (χ4n) is 2.60. The number of ether oxygens (including phenoxy) is 1. The van der Waals surface area contributed by atoms with E-state index in [1.165, 1.54) is 41.3 Å². The van der Waals surface area contributed by atoms with E-state index in [0.29, 0.717) is 11.3 Å². The maximum Gasteiger partial charge on any atom is 0.261 e. The van der Waals surface area contributed by atoms with E-state index in [-0.39, 0.29) is 24.9 Å². The highest BCUT2D eigenvalue weighted by Crippen LogP contribution is 2.14. The minimum atomic E-state index is -0.774. The fourth-order valence-corrected chi connectivity index (χ4v) is 2.60. The van der Waals surface area contributed by atoms with Gasteiger partial charge in [0.2, 0.25) is 5.91 Å². The molecule has 2 aromatic rings. The molecule has 2 amide bonds.